The van der Waals surface area contributed by atoms with Crippen LogP contribution in [0.1, 0.15) is 64.5 Å². The van der Waals surface area contributed by atoms with Crippen LogP contribution in [0.3, 0.4) is 0 Å². The van der Waals surface area contributed by atoms with E-state index >= 15 is 0 Å². The van der Waals surface area contributed by atoms with Crippen molar-refractivity contribution < 1.29 is 33.3 Å². The first-order chi connectivity index (χ1) is 20.0. The molecule has 0 bridgehead atoms. The maximum absolute atomic E-state index is 13.8. The van der Waals surface area contributed by atoms with Gasteiger partial charge in [0.15, 0.2) is 33.8 Å². The van der Waals surface area contributed by atoms with Gasteiger partial charge in [-0.25, -0.2) is 23.4 Å². The van der Waals surface area contributed by atoms with Gasteiger partial charge in [-0.2, -0.15) is 0 Å². The van der Waals surface area contributed by atoms with Crippen molar-refractivity contribution in [1.29, 1.82) is 0 Å². The molecule has 14 heteroatoms. The minimum absolute atomic E-state index is 0.0146. The van der Waals surface area contributed by atoms with E-state index in [9.17, 15) is 23.8 Å². The summed E-state index contributed by atoms with van der Waals surface area (Å²) in [5.74, 6) is -0.886. The molecule has 3 N–H and O–H groups in total. The number of aliphatic hydroxyl groups excluding tert-OH is 2. The Morgan fingerprint density at radius 3 is 2.64 bits per heavy atom. The molecule has 2 aliphatic rings. The number of aromatic nitrogens is 5. The fraction of sp³-hybridized carbons (Fsp3) is 0.607. The first-order valence-corrected chi connectivity index (χ1v) is 15.1. The average Bonchev–Trinajstić information content (AvgIpc) is 3.49. The van der Waals surface area contributed by atoms with E-state index in [2.05, 4.69) is 25.6 Å². The van der Waals surface area contributed by atoms with Crippen LogP contribution in [-0.4, -0.2) is 84.5 Å². The van der Waals surface area contributed by atoms with Crippen LogP contribution in [0.15, 0.2) is 23.4 Å². The standard InChI is InChI=1S/C28H36F2N6O5S/c1-5-10-42-27-32-24(31-18-12-15(18)14-6-7-16(29)17(30)11-14)21-25(33-27)36(35-34-21)19-13-20(23(38)22(19)37)40-8-9-41-26(39)28(2,3)4/h6-7,11,15,18-20,22-23,37-38H,5,8-10,12-13H2,1-4H3,(H,31,32,33)/t15-,18+,19+,20-,22-,23+/m0/s1. The molecular formula is C28H36F2N6O5S. The third kappa shape index (κ3) is 6.51. The molecule has 42 heavy (non-hydrogen) atoms. The highest BCUT2D eigenvalue weighted by Gasteiger charge is 2.45. The maximum atomic E-state index is 13.8. The molecule has 228 valence electrons. The van der Waals surface area contributed by atoms with Crippen LogP contribution in [0.2, 0.25) is 0 Å². The highest BCUT2D eigenvalue weighted by molar-refractivity contribution is 7.99. The van der Waals surface area contributed by atoms with Gasteiger partial charge in [-0.3, -0.25) is 4.79 Å². The molecule has 0 spiro atoms. The van der Waals surface area contributed by atoms with Crippen molar-refractivity contribution in [3.63, 3.8) is 0 Å². The third-order valence-corrected chi connectivity index (χ3v) is 8.45. The Labute approximate surface area is 246 Å². The first-order valence-electron chi connectivity index (χ1n) is 14.1. The molecule has 1 aromatic carbocycles. The Morgan fingerprint density at radius 1 is 1.14 bits per heavy atom. The molecule has 2 aliphatic carbocycles. The van der Waals surface area contributed by atoms with Gasteiger partial charge < -0.3 is 25.0 Å². The largest absolute Gasteiger partial charge is 0.463 e. The quantitative estimate of drug-likeness (QED) is 0.127. The van der Waals surface area contributed by atoms with Gasteiger partial charge in [-0.05, 0) is 51.3 Å². The van der Waals surface area contributed by atoms with Crippen molar-refractivity contribution in [1.82, 2.24) is 25.0 Å². The summed E-state index contributed by atoms with van der Waals surface area (Å²) in [6.45, 7) is 7.41. The summed E-state index contributed by atoms with van der Waals surface area (Å²) in [4.78, 5) is 21.3. The van der Waals surface area contributed by atoms with Gasteiger partial charge in [0.1, 0.15) is 18.8 Å². The zero-order valence-corrected chi connectivity index (χ0v) is 24.8. The molecule has 6 atom stereocenters. The van der Waals surface area contributed by atoms with Gasteiger partial charge in [-0.15, -0.1) is 5.10 Å². The number of nitrogens with one attached hydrogen (secondary N) is 1. The summed E-state index contributed by atoms with van der Waals surface area (Å²) in [6, 6.07) is 3.20. The lowest BCUT2D eigenvalue weighted by Crippen LogP contribution is -2.34. The van der Waals surface area contributed by atoms with Gasteiger partial charge in [0.2, 0.25) is 0 Å². The summed E-state index contributed by atoms with van der Waals surface area (Å²) in [5.41, 5.74) is 0.855. The second-order valence-electron chi connectivity index (χ2n) is 11.8. The molecule has 2 fully saturated rings. The van der Waals surface area contributed by atoms with Gasteiger partial charge in [0.25, 0.3) is 0 Å². The number of thioether (sulfide) groups is 1. The molecule has 2 saturated carbocycles. The zero-order valence-electron chi connectivity index (χ0n) is 24.0. The molecule has 0 saturated heterocycles. The number of carbonyl (C=O) groups is 1. The molecule has 3 aromatic rings. The van der Waals surface area contributed by atoms with Crippen LogP contribution in [0.5, 0.6) is 0 Å². The van der Waals surface area contributed by atoms with Gasteiger partial charge in [0.05, 0.1) is 24.2 Å². The molecule has 2 heterocycles. The molecule has 2 aromatic heterocycles. The molecule has 0 unspecified atom stereocenters. The number of ether oxygens (including phenoxy) is 2. The minimum Gasteiger partial charge on any atom is -0.463 e. The lowest BCUT2D eigenvalue weighted by molar-refractivity contribution is -0.155. The van der Waals surface area contributed by atoms with E-state index < -0.39 is 41.4 Å². The molecule has 0 amide bonds. The topological polar surface area (TPSA) is 145 Å². The van der Waals surface area contributed by atoms with Crippen molar-refractivity contribution >= 4 is 34.7 Å². The van der Waals surface area contributed by atoms with Crippen molar-refractivity contribution in [2.45, 2.75) is 88.4 Å². The molecule has 0 radical (unpaired) electrons. The van der Waals surface area contributed by atoms with Crippen LogP contribution in [-0.2, 0) is 14.3 Å². The number of anilines is 1. The SMILES string of the molecule is CCCSc1nc(N[C@@H]2C[C@H]2c2ccc(F)c(F)c2)c2nnn([C@@H]3C[C@H](OCCOC(=O)C(C)(C)C)[C@@H](O)[C@H]3O)c2n1. The Hall–Kier alpha value is -2.94. The highest BCUT2D eigenvalue weighted by Crippen LogP contribution is 2.44. The van der Waals surface area contributed by atoms with E-state index in [1.54, 1.807) is 26.8 Å². The highest BCUT2D eigenvalue weighted by atomic mass is 32.2. The molecule has 0 aliphatic heterocycles. The smallest absolute Gasteiger partial charge is 0.311 e. The molecular weight excluding hydrogens is 570 g/mol. The predicted octanol–water partition coefficient (Wildman–Crippen LogP) is 3.61. The summed E-state index contributed by atoms with van der Waals surface area (Å²) < 4.78 is 39.7. The molecule has 5 rings (SSSR count). The summed E-state index contributed by atoms with van der Waals surface area (Å²) >= 11 is 1.47. The van der Waals surface area contributed by atoms with E-state index in [1.807, 2.05) is 6.92 Å². The van der Waals surface area contributed by atoms with E-state index in [4.69, 9.17) is 9.47 Å². The Morgan fingerprint density at radius 2 is 1.93 bits per heavy atom. The average molecular weight is 607 g/mol. The van der Waals surface area contributed by atoms with Crippen LogP contribution in [0.25, 0.3) is 11.2 Å². The lowest BCUT2D eigenvalue weighted by Gasteiger charge is -2.19. The monoisotopic (exact) mass is 606 g/mol. The Kier molecular flexibility index (Phi) is 8.97. The van der Waals surface area contributed by atoms with Crippen molar-refractivity contribution in [3.05, 3.63) is 35.4 Å². The van der Waals surface area contributed by atoms with Crippen molar-refractivity contribution in [2.24, 2.45) is 5.41 Å². The minimum atomic E-state index is -1.20. The first kappa shape index (κ1) is 30.5. The van der Waals surface area contributed by atoms with Crippen molar-refractivity contribution in [3.8, 4) is 0 Å². The Bertz CT molecular complexity index is 1440. The summed E-state index contributed by atoms with van der Waals surface area (Å²) in [5, 5.41) is 34.1. The number of benzene rings is 1. The van der Waals surface area contributed by atoms with Crippen LogP contribution >= 0.6 is 11.8 Å². The van der Waals surface area contributed by atoms with E-state index in [-0.39, 0.29) is 37.6 Å². The van der Waals surface area contributed by atoms with Crippen molar-refractivity contribution in [2.75, 3.05) is 24.3 Å². The normalized spacial score (nSPS) is 25.6. The number of fused-ring (bicyclic) bond motifs is 1. The number of nitrogens with zero attached hydrogens (tertiary/aromatic N) is 5. The van der Waals surface area contributed by atoms with E-state index in [0.717, 1.165) is 18.2 Å². The number of esters is 1. The number of halogens is 2. The number of aliphatic hydroxyl groups is 2. The van der Waals surface area contributed by atoms with E-state index in [0.29, 0.717) is 34.1 Å². The fourth-order valence-corrected chi connectivity index (χ4v) is 5.65. The van der Waals surface area contributed by atoms with Crippen LogP contribution < -0.4 is 5.32 Å². The fourth-order valence-electron chi connectivity index (χ4n) is 4.96. The summed E-state index contributed by atoms with van der Waals surface area (Å²) in [6.07, 6.45) is -1.25. The van der Waals surface area contributed by atoms with Crippen LogP contribution in [0, 0.1) is 17.0 Å². The van der Waals surface area contributed by atoms with E-state index in [1.165, 1.54) is 22.5 Å². The second kappa shape index (κ2) is 12.3. The number of hydrogen-bond acceptors (Lipinski definition) is 11. The summed E-state index contributed by atoms with van der Waals surface area (Å²) in [7, 11) is 0. The Balaban J connectivity index is 1.32. The number of hydrogen-bond donors (Lipinski definition) is 3. The predicted molar refractivity (Wildman–Crippen MR) is 151 cm³/mol. The second-order valence-corrected chi connectivity index (χ2v) is 12.8. The van der Waals surface area contributed by atoms with Gasteiger partial charge >= 0.3 is 5.97 Å². The number of rotatable bonds is 11. The van der Waals surface area contributed by atoms with Gasteiger partial charge in [-0.1, -0.05) is 30.0 Å². The third-order valence-electron chi connectivity index (χ3n) is 7.40. The number of carbonyl (C=O) groups excluding carboxylic acids is 1. The molecule has 11 nitrogen and oxygen atoms in total. The lowest BCUT2D eigenvalue weighted by atomic mass is 9.97. The van der Waals surface area contributed by atoms with Gasteiger partial charge in [0, 0.05) is 24.1 Å². The zero-order chi connectivity index (χ0) is 30.2. The van der Waals surface area contributed by atoms with Crippen LogP contribution in [0.4, 0.5) is 14.6 Å². The maximum Gasteiger partial charge on any atom is 0.311 e.